The Morgan fingerprint density at radius 1 is 0.914 bits per heavy atom. The number of nitrogens with zero attached hydrogens (tertiary/aromatic N) is 1. The number of rotatable bonds is 6. The number of ether oxygens (including phenoxy) is 1. The maximum Gasteiger partial charge on any atom is 0.338 e. The normalized spacial score (nSPS) is 13.8. The van der Waals surface area contributed by atoms with E-state index < -0.39 is 39.8 Å². The fourth-order valence-corrected chi connectivity index (χ4v) is 3.97. The van der Waals surface area contributed by atoms with Crippen LogP contribution in [0.3, 0.4) is 0 Å². The van der Waals surface area contributed by atoms with Crippen LogP contribution in [0.25, 0.3) is 0 Å². The van der Waals surface area contributed by atoms with Crippen molar-refractivity contribution in [2.45, 2.75) is 17.9 Å². The van der Waals surface area contributed by atoms with Gasteiger partial charge >= 0.3 is 5.97 Å². The van der Waals surface area contributed by atoms with Crippen LogP contribution in [0.5, 0.6) is 0 Å². The Kier molecular flexibility index (Phi) is 6.20. The molecule has 1 atom stereocenters. The van der Waals surface area contributed by atoms with Gasteiger partial charge in [-0.25, -0.2) is 23.3 Å². The molecule has 3 aromatic rings. The standard InChI is InChI=1S/C24H19N3O7S/c1-14(21(28)26-16-9-11-18(12-10-16)35(25,32)33)34-24(31)15-5-4-6-17(13-15)27-22(29)19-7-2-3-8-20(19)23(27)30/h2-14H,1H3,(H,26,28)(H2,25,32,33). The van der Waals surface area contributed by atoms with Crippen LogP contribution in [-0.4, -0.2) is 38.2 Å². The van der Waals surface area contributed by atoms with Crippen molar-refractivity contribution in [3.05, 3.63) is 89.5 Å². The van der Waals surface area contributed by atoms with Gasteiger partial charge in [-0.1, -0.05) is 18.2 Å². The highest BCUT2D eigenvalue weighted by Gasteiger charge is 2.36. The van der Waals surface area contributed by atoms with Crippen molar-refractivity contribution in [3.63, 3.8) is 0 Å². The van der Waals surface area contributed by atoms with Gasteiger partial charge < -0.3 is 10.1 Å². The Bertz CT molecular complexity index is 1430. The second-order valence-corrected chi connectivity index (χ2v) is 9.21. The summed E-state index contributed by atoms with van der Waals surface area (Å²) in [5, 5.41) is 7.55. The molecule has 3 amide bonds. The van der Waals surface area contributed by atoms with Gasteiger partial charge in [-0.3, -0.25) is 14.4 Å². The molecule has 35 heavy (non-hydrogen) atoms. The van der Waals surface area contributed by atoms with E-state index >= 15 is 0 Å². The van der Waals surface area contributed by atoms with Gasteiger partial charge in [0.05, 0.1) is 27.3 Å². The third-order valence-corrected chi connectivity index (χ3v) is 6.17. The smallest absolute Gasteiger partial charge is 0.338 e. The van der Waals surface area contributed by atoms with E-state index in [2.05, 4.69) is 5.32 Å². The highest BCUT2D eigenvalue weighted by molar-refractivity contribution is 7.89. The van der Waals surface area contributed by atoms with E-state index in [0.29, 0.717) is 0 Å². The van der Waals surface area contributed by atoms with Gasteiger partial charge in [0.15, 0.2) is 6.10 Å². The largest absolute Gasteiger partial charge is 0.449 e. The molecule has 1 aliphatic heterocycles. The number of fused-ring (bicyclic) bond motifs is 1. The first kappa shape index (κ1) is 23.8. The van der Waals surface area contributed by atoms with Crippen LogP contribution in [0, 0.1) is 0 Å². The molecule has 4 rings (SSSR count). The van der Waals surface area contributed by atoms with Crippen molar-refractivity contribution in [2.75, 3.05) is 10.2 Å². The van der Waals surface area contributed by atoms with Crippen LogP contribution >= 0.6 is 0 Å². The van der Waals surface area contributed by atoms with Gasteiger partial charge in [0, 0.05) is 5.69 Å². The molecule has 178 valence electrons. The van der Waals surface area contributed by atoms with E-state index in [9.17, 15) is 27.6 Å². The molecular formula is C24H19N3O7S. The molecule has 0 fully saturated rings. The molecule has 10 nitrogen and oxygen atoms in total. The molecule has 0 bridgehead atoms. The summed E-state index contributed by atoms with van der Waals surface area (Å²) in [5.74, 6) is -2.50. The Labute approximate surface area is 200 Å². The van der Waals surface area contributed by atoms with E-state index in [-0.39, 0.29) is 33.0 Å². The molecular weight excluding hydrogens is 474 g/mol. The van der Waals surface area contributed by atoms with Crippen molar-refractivity contribution in [1.29, 1.82) is 0 Å². The van der Waals surface area contributed by atoms with Crippen molar-refractivity contribution in [3.8, 4) is 0 Å². The first-order valence-electron chi connectivity index (χ1n) is 10.3. The van der Waals surface area contributed by atoms with Crippen LogP contribution in [-0.2, 0) is 19.6 Å². The summed E-state index contributed by atoms with van der Waals surface area (Å²) < 4.78 is 27.9. The van der Waals surface area contributed by atoms with Gasteiger partial charge in [0.2, 0.25) is 10.0 Å². The SMILES string of the molecule is CC(OC(=O)c1cccc(N2C(=O)c3ccccc3C2=O)c1)C(=O)Nc1ccc(S(N)(=O)=O)cc1. The number of carbonyl (C=O) groups excluding carboxylic acids is 4. The number of benzene rings is 3. The van der Waals surface area contributed by atoms with E-state index in [1.165, 1.54) is 55.5 Å². The first-order chi connectivity index (χ1) is 16.6. The zero-order valence-electron chi connectivity index (χ0n) is 18.3. The highest BCUT2D eigenvalue weighted by Crippen LogP contribution is 2.29. The van der Waals surface area contributed by atoms with E-state index in [1.807, 2.05) is 0 Å². The fourth-order valence-electron chi connectivity index (χ4n) is 3.45. The topological polar surface area (TPSA) is 153 Å². The van der Waals surface area contributed by atoms with E-state index in [0.717, 1.165) is 4.90 Å². The Morgan fingerprint density at radius 2 is 1.51 bits per heavy atom. The Hall–Kier alpha value is -4.35. The van der Waals surface area contributed by atoms with Crippen molar-refractivity contribution >= 4 is 45.1 Å². The lowest BCUT2D eigenvalue weighted by Crippen LogP contribution is -2.31. The van der Waals surface area contributed by atoms with Crippen LogP contribution in [0.1, 0.15) is 38.0 Å². The third-order valence-electron chi connectivity index (χ3n) is 5.24. The molecule has 3 N–H and O–H groups in total. The maximum absolute atomic E-state index is 12.7. The number of nitrogens with two attached hydrogens (primary N) is 1. The minimum absolute atomic E-state index is 0.0382. The van der Waals surface area contributed by atoms with Gasteiger partial charge in [-0.15, -0.1) is 0 Å². The number of hydrogen-bond acceptors (Lipinski definition) is 7. The minimum atomic E-state index is -3.87. The molecule has 0 aromatic heterocycles. The van der Waals surface area contributed by atoms with Crippen molar-refractivity contribution in [1.82, 2.24) is 0 Å². The number of primary sulfonamides is 1. The minimum Gasteiger partial charge on any atom is -0.449 e. The summed E-state index contributed by atoms with van der Waals surface area (Å²) in [6.45, 7) is 1.36. The lowest BCUT2D eigenvalue weighted by atomic mass is 10.1. The molecule has 3 aromatic carbocycles. The van der Waals surface area contributed by atoms with E-state index in [1.54, 1.807) is 24.3 Å². The monoisotopic (exact) mass is 493 g/mol. The molecule has 1 aliphatic rings. The number of amides is 3. The van der Waals surface area contributed by atoms with Crippen molar-refractivity contribution in [2.24, 2.45) is 5.14 Å². The average molecular weight is 493 g/mol. The van der Waals surface area contributed by atoms with Crippen molar-refractivity contribution < 1.29 is 32.3 Å². The maximum atomic E-state index is 12.7. The number of esters is 1. The summed E-state index contributed by atoms with van der Waals surface area (Å²) >= 11 is 0. The highest BCUT2D eigenvalue weighted by atomic mass is 32.2. The summed E-state index contributed by atoms with van der Waals surface area (Å²) in [4.78, 5) is 51.3. The number of carbonyl (C=O) groups is 4. The van der Waals surface area contributed by atoms with E-state index in [4.69, 9.17) is 9.88 Å². The lowest BCUT2D eigenvalue weighted by Gasteiger charge is -2.16. The van der Waals surface area contributed by atoms with Gasteiger partial charge in [0.1, 0.15) is 0 Å². The molecule has 0 spiro atoms. The van der Waals surface area contributed by atoms with Crippen LogP contribution in [0.2, 0.25) is 0 Å². The zero-order chi connectivity index (χ0) is 25.3. The number of imide groups is 1. The van der Waals surface area contributed by atoms with Gasteiger partial charge in [-0.2, -0.15) is 0 Å². The van der Waals surface area contributed by atoms with Crippen LogP contribution < -0.4 is 15.4 Å². The predicted molar refractivity (Wildman–Crippen MR) is 125 cm³/mol. The summed E-state index contributed by atoms with van der Waals surface area (Å²) in [6, 6.07) is 17.3. The molecule has 0 radical (unpaired) electrons. The number of sulfonamides is 1. The quantitative estimate of drug-likeness (QED) is 0.395. The second kappa shape index (κ2) is 9.12. The first-order valence-corrected chi connectivity index (χ1v) is 11.8. The number of anilines is 2. The molecule has 1 unspecified atom stereocenters. The molecule has 0 saturated heterocycles. The fraction of sp³-hybridized carbons (Fsp3) is 0.0833. The summed E-state index contributed by atoms with van der Waals surface area (Å²) in [5.41, 5.74) is 1.05. The second-order valence-electron chi connectivity index (χ2n) is 7.65. The molecule has 0 saturated carbocycles. The lowest BCUT2D eigenvalue weighted by molar-refractivity contribution is -0.123. The third kappa shape index (κ3) is 4.81. The molecule has 11 heteroatoms. The predicted octanol–water partition coefficient (Wildman–Crippen LogP) is 2.32. The molecule has 1 heterocycles. The van der Waals surface area contributed by atoms with Gasteiger partial charge in [-0.05, 0) is 61.5 Å². The van der Waals surface area contributed by atoms with Gasteiger partial charge in [0.25, 0.3) is 17.7 Å². The van der Waals surface area contributed by atoms with Crippen LogP contribution in [0.4, 0.5) is 11.4 Å². The van der Waals surface area contributed by atoms with Crippen LogP contribution in [0.15, 0.2) is 77.7 Å². The number of hydrogen-bond donors (Lipinski definition) is 2. The summed E-state index contributed by atoms with van der Waals surface area (Å²) in [7, 11) is -3.87. The zero-order valence-corrected chi connectivity index (χ0v) is 19.1. The Morgan fingerprint density at radius 3 is 2.09 bits per heavy atom. The number of nitrogens with one attached hydrogen (secondary N) is 1. The summed E-state index contributed by atoms with van der Waals surface area (Å²) in [6.07, 6.45) is -1.21. The Balaban J connectivity index is 1.44. The molecule has 0 aliphatic carbocycles. The average Bonchev–Trinajstić information content (AvgIpc) is 3.09.